The van der Waals surface area contributed by atoms with Crippen LogP contribution in [0, 0.1) is 0 Å². The third-order valence-electron chi connectivity index (χ3n) is 4.01. The second-order valence-corrected chi connectivity index (χ2v) is 5.84. The molecule has 0 aliphatic carbocycles. The van der Waals surface area contributed by atoms with Crippen molar-refractivity contribution < 1.29 is 9.90 Å². The Morgan fingerprint density at radius 3 is 2.40 bits per heavy atom. The third kappa shape index (κ3) is 4.67. The van der Waals surface area contributed by atoms with Crippen molar-refractivity contribution in [3.05, 3.63) is 84.2 Å². The Hall–Kier alpha value is -3.14. The number of aryl methyl sites for hydroxylation is 1. The van der Waals surface area contributed by atoms with Crippen molar-refractivity contribution in [3.8, 4) is 16.9 Å². The monoisotopic (exact) mass is 332 g/mol. The first-order chi connectivity index (χ1) is 12.2. The Balaban J connectivity index is 1.46. The van der Waals surface area contributed by atoms with E-state index in [-0.39, 0.29) is 11.7 Å². The molecule has 3 aromatic rings. The van der Waals surface area contributed by atoms with Crippen LogP contribution in [0.1, 0.15) is 22.3 Å². The van der Waals surface area contributed by atoms with E-state index in [0.717, 1.165) is 24.0 Å². The molecule has 0 fully saturated rings. The van der Waals surface area contributed by atoms with Crippen molar-refractivity contribution in [1.82, 2.24) is 10.3 Å². The zero-order chi connectivity index (χ0) is 17.5. The smallest absolute Gasteiger partial charge is 0.251 e. The summed E-state index contributed by atoms with van der Waals surface area (Å²) in [5.41, 5.74) is 4.05. The van der Waals surface area contributed by atoms with E-state index >= 15 is 0 Å². The van der Waals surface area contributed by atoms with E-state index in [4.69, 9.17) is 0 Å². The summed E-state index contributed by atoms with van der Waals surface area (Å²) in [4.78, 5) is 16.1. The molecule has 0 aliphatic heterocycles. The normalized spacial score (nSPS) is 10.4. The van der Waals surface area contributed by atoms with Gasteiger partial charge in [0.05, 0.1) is 0 Å². The fraction of sp³-hybridized carbons (Fsp3) is 0.143. The maximum atomic E-state index is 12.0. The lowest BCUT2D eigenvalue weighted by atomic mass is 10.0. The number of benzene rings is 2. The van der Waals surface area contributed by atoms with Crippen molar-refractivity contribution in [3.63, 3.8) is 0 Å². The van der Waals surface area contributed by atoms with Gasteiger partial charge in [-0.2, -0.15) is 0 Å². The number of phenolic OH excluding ortho intramolecular Hbond substituents is 1. The second-order valence-electron chi connectivity index (χ2n) is 5.84. The predicted molar refractivity (Wildman–Crippen MR) is 98.4 cm³/mol. The number of nitrogens with one attached hydrogen (secondary N) is 1. The van der Waals surface area contributed by atoms with Gasteiger partial charge in [0.1, 0.15) is 5.75 Å². The van der Waals surface area contributed by atoms with Crippen LogP contribution in [-0.4, -0.2) is 22.5 Å². The molecule has 0 spiro atoms. The van der Waals surface area contributed by atoms with Gasteiger partial charge in [-0.1, -0.05) is 30.3 Å². The highest BCUT2D eigenvalue weighted by Gasteiger charge is 2.04. The summed E-state index contributed by atoms with van der Waals surface area (Å²) in [6.07, 6.45) is 5.40. The Labute approximate surface area is 147 Å². The summed E-state index contributed by atoms with van der Waals surface area (Å²) in [6, 6.07) is 18.7. The average molecular weight is 332 g/mol. The van der Waals surface area contributed by atoms with Crippen molar-refractivity contribution in [2.24, 2.45) is 0 Å². The minimum absolute atomic E-state index is 0.119. The van der Waals surface area contributed by atoms with Crippen LogP contribution in [0.25, 0.3) is 11.1 Å². The summed E-state index contributed by atoms with van der Waals surface area (Å²) in [5.74, 6) is 0.0400. The Morgan fingerprint density at radius 2 is 1.72 bits per heavy atom. The van der Waals surface area contributed by atoms with Gasteiger partial charge in [0.15, 0.2) is 0 Å². The van der Waals surface area contributed by atoms with Crippen LogP contribution in [0.4, 0.5) is 0 Å². The van der Waals surface area contributed by atoms with E-state index in [9.17, 15) is 9.90 Å². The lowest BCUT2D eigenvalue weighted by Gasteiger charge is -2.07. The number of aromatic hydroxyl groups is 1. The molecule has 3 rings (SSSR count). The molecule has 0 aliphatic rings. The van der Waals surface area contributed by atoms with Crippen LogP contribution in [0.5, 0.6) is 5.75 Å². The van der Waals surface area contributed by atoms with E-state index in [1.54, 1.807) is 18.3 Å². The van der Waals surface area contributed by atoms with Crippen molar-refractivity contribution in [2.75, 3.05) is 6.54 Å². The highest BCUT2D eigenvalue weighted by molar-refractivity contribution is 5.94. The molecule has 0 unspecified atom stereocenters. The highest BCUT2D eigenvalue weighted by atomic mass is 16.3. The van der Waals surface area contributed by atoms with Crippen molar-refractivity contribution in [1.29, 1.82) is 0 Å². The third-order valence-corrected chi connectivity index (χ3v) is 4.01. The molecule has 0 atom stereocenters. The van der Waals surface area contributed by atoms with E-state index in [1.807, 2.05) is 18.3 Å². The second kappa shape index (κ2) is 8.11. The van der Waals surface area contributed by atoms with E-state index < -0.39 is 0 Å². The molecule has 25 heavy (non-hydrogen) atoms. The highest BCUT2D eigenvalue weighted by Crippen LogP contribution is 2.18. The van der Waals surface area contributed by atoms with Crippen LogP contribution < -0.4 is 5.32 Å². The molecule has 0 radical (unpaired) electrons. The van der Waals surface area contributed by atoms with Gasteiger partial charge in [0, 0.05) is 24.5 Å². The zero-order valence-corrected chi connectivity index (χ0v) is 13.9. The zero-order valence-electron chi connectivity index (χ0n) is 13.9. The number of hydrogen-bond donors (Lipinski definition) is 2. The van der Waals surface area contributed by atoms with Crippen LogP contribution in [0.3, 0.4) is 0 Å². The van der Waals surface area contributed by atoms with Crippen LogP contribution >= 0.6 is 0 Å². The molecule has 4 nitrogen and oxygen atoms in total. The molecule has 0 saturated heterocycles. The molecule has 1 heterocycles. The number of amides is 1. The fourth-order valence-electron chi connectivity index (χ4n) is 2.61. The SMILES string of the molecule is O=C(NCCCc1ccc(-c2cccnc2)cc1)c1ccc(O)cc1. The number of pyridine rings is 1. The maximum absolute atomic E-state index is 12.0. The minimum Gasteiger partial charge on any atom is -0.508 e. The lowest BCUT2D eigenvalue weighted by Crippen LogP contribution is -2.24. The molecule has 1 aromatic heterocycles. The standard InChI is InChI=1S/C21H20N2O2/c24-20-11-9-18(10-12-20)21(25)23-14-1-3-16-5-7-17(8-6-16)19-4-2-13-22-15-19/h2,4-13,15,24H,1,3,14H2,(H,23,25). The first-order valence-corrected chi connectivity index (χ1v) is 8.29. The van der Waals surface area contributed by atoms with E-state index in [0.29, 0.717) is 12.1 Å². The molecular weight excluding hydrogens is 312 g/mol. The minimum atomic E-state index is -0.119. The molecule has 0 bridgehead atoms. The maximum Gasteiger partial charge on any atom is 0.251 e. The van der Waals surface area contributed by atoms with Crippen LogP contribution in [0.15, 0.2) is 73.1 Å². The van der Waals surface area contributed by atoms with Gasteiger partial charge in [-0.25, -0.2) is 0 Å². The summed E-state index contributed by atoms with van der Waals surface area (Å²) < 4.78 is 0. The van der Waals surface area contributed by atoms with Gasteiger partial charge < -0.3 is 10.4 Å². The van der Waals surface area contributed by atoms with Crippen molar-refractivity contribution >= 4 is 5.91 Å². The summed E-state index contributed by atoms with van der Waals surface area (Å²) in [6.45, 7) is 0.615. The summed E-state index contributed by atoms with van der Waals surface area (Å²) in [5, 5.41) is 12.1. The molecule has 126 valence electrons. The molecule has 2 N–H and O–H groups in total. The van der Waals surface area contributed by atoms with Gasteiger partial charge in [-0.3, -0.25) is 9.78 Å². The number of rotatable bonds is 6. The first kappa shape index (κ1) is 16.7. The van der Waals surface area contributed by atoms with Gasteiger partial charge in [0.25, 0.3) is 5.91 Å². The van der Waals surface area contributed by atoms with Gasteiger partial charge in [-0.05, 0) is 59.9 Å². The molecule has 4 heteroatoms. The van der Waals surface area contributed by atoms with Gasteiger partial charge in [0.2, 0.25) is 0 Å². The number of hydrogen-bond acceptors (Lipinski definition) is 3. The molecule has 1 amide bonds. The van der Waals surface area contributed by atoms with E-state index in [1.165, 1.54) is 17.7 Å². The molecule has 2 aromatic carbocycles. The molecule has 0 saturated carbocycles. The Kier molecular flexibility index (Phi) is 5.42. The molecular formula is C21H20N2O2. The number of nitrogens with zero attached hydrogens (tertiary/aromatic N) is 1. The van der Waals surface area contributed by atoms with Gasteiger partial charge in [-0.15, -0.1) is 0 Å². The largest absolute Gasteiger partial charge is 0.508 e. The number of aromatic nitrogens is 1. The number of phenols is 1. The van der Waals surface area contributed by atoms with E-state index in [2.05, 4.69) is 34.6 Å². The lowest BCUT2D eigenvalue weighted by molar-refractivity contribution is 0.0953. The quantitative estimate of drug-likeness (QED) is 0.675. The Morgan fingerprint density at radius 1 is 0.960 bits per heavy atom. The van der Waals surface area contributed by atoms with Crippen LogP contribution in [-0.2, 0) is 6.42 Å². The van der Waals surface area contributed by atoms with Gasteiger partial charge >= 0.3 is 0 Å². The summed E-state index contributed by atoms with van der Waals surface area (Å²) >= 11 is 0. The first-order valence-electron chi connectivity index (χ1n) is 8.29. The number of carbonyl (C=O) groups is 1. The fourth-order valence-corrected chi connectivity index (χ4v) is 2.61. The predicted octanol–water partition coefficient (Wildman–Crippen LogP) is 3.82. The summed E-state index contributed by atoms with van der Waals surface area (Å²) in [7, 11) is 0. The number of carbonyl (C=O) groups excluding carboxylic acids is 1. The topological polar surface area (TPSA) is 62.2 Å². The van der Waals surface area contributed by atoms with Crippen LogP contribution in [0.2, 0.25) is 0 Å². The van der Waals surface area contributed by atoms with Crippen molar-refractivity contribution in [2.45, 2.75) is 12.8 Å². The Bertz CT molecular complexity index is 813. The average Bonchev–Trinajstić information content (AvgIpc) is 2.67.